The lowest BCUT2D eigenvalue weighted by Crippen LogP contribution is -2.11. The van der Waals surface area contributed by atoms with Crippen LogP contribution in [0.15, 0.2) is 0 Å². The summed E-state index contributed by atoms with van der Waals surface area (Å²) in [6, 6.07) is 0. The average molecular weight is 339 g/mol. The smallest absolute Gasteiger partial charge is 0.0391 e. The largest absolute Gasteiger partial charge is 0.0654 e. The van der Waals surface area contributed by atoms with E-state index in [2.05, 4.69) is 48.5 Å². The second kappa shape index (κ2) is 15.3. The fraction of sp³-hybridized carbons (Fsp3) is 1.00. The molecule has 0 aromatic heterocycles. The normalized spacial score (nSPS) is 17.0. The van der Waals surface area contributed by atoms with Crippen LogP contribution in [0.2, 0.25) is 0 Å². The van der Waals surface area contributed by atoms with Crippen molar-refractivity contribution in [3.63, 3.8) is 0 Å². The van der Waals surface area contributed by atoms with Gasteiger partial charge in [0.25, 0.3) is 0 Å². The van der Waals surface area contributed by atoms with E-state index in [4.69, 9.17) is 0 Å². The van der Waals surface area contributed by atoms with Crippen LogP contribution in [0.3, 0.4) is 0 Å². The van der Waals surface area contributed by atoms with Crippen molar-refractivity contribution >= 4 is 0 Å². The summed E-state index contributed by atoms with van der Waals surface area (Å²) in [5, 5.41) is 0. The quantitative estimate of drug-likeness (QED) is 0.263. The third kappa shape index (κ3) is 13.3. The third-order valence-corrected chi connectivity index (χ3v) is 6.22. The molecule has 24 heavy (non-hydrogen) atoms. The molecular formula is C24H50. The Kier molecular flexibility index (Phi) is 15.3. The molecule has 0 bridgehead atoms. The Balaban J connectivity index is 3.69. The van der Waals surface area contributed by atoms with Crippen LogP contribution in [-0.2, 0) is 0 Å². The minimum Gasteiger partial charge on any atom is -0.0654 e. The van der Waals surface area contributed by atoms with E-state index in [0.29, 0.717) is 0 Å². The highest BCUT2D eigenvalue weighted by Crippen LogP contribution is 2.27. The molecule has 0 saturated carbocycles. The summed E-state index contributed by atoms with van der Waals surface area (Å²) in [4.78, 5) is 0. The molecular weight excluding hydrogens is 288 g/mol. The van der Waals surface area contributed by atoms with Crippen LogP contribution in [-0.4, -0.2) is 0 Å². The van der Waals surface area contributed by atoms with E-state index >= 15 is 0 Å². The molecule has 4 atom stereocenters. The Morgan fingerprint density at radius 3 is 1.42 bits per heavy atom. The SMILES string of the molecule is CCCC(C)C(CC)CCCC(C)CCCC(C)CCCC(C)C. The van der Waals surface area contributed by atoms with Crippen LogP contribution in [0, 0.1) is 29.6 Å². The van der Waals surface area contributed by atoms with Crippen molar-refractivity contribution in [3.8, 4) is 0 Å². The van der Waals surface area contributed by atoms with Crippen LogP contribution in [0.5, 0.6) is 0 Å². The zero-order valence-corrected chi connectivity index (χ0v) is 18.4. The van der Waals surface area contributed by atoms with Crippen molar-refractivity contribution < 1.29 is 0 Å². The van der Waals surface area contributed by atoms with Crippen LogP contribution in [0.1, 0.15) is 126 Å². The second-order valence-corrected chi connectivity index (χ2v) is 9.33. The summed E-state index contributed by atoms with van der Waals surface area (Å²) in [5.41, 5.74) is 0. The standard InChI is InChI=1S/C24H50/c1-8-13-23(7)24(9-2)19-12-18-22(6)17-11-16-21(5)15-10-14-20(3)4/h20-24H,8-19H2,1-7H3. The summed E-state index contributed by atoms with van der Waals surface area (Å²) in [6.07, 6.45) is 17.2. The van der Waals surface area contributed by atoms with E-state index in [9.17, 15) is 0 Å². The van der Waals surface area contributed by atoms with Crippen molar-refractivity contribution in [2.45, 2.75) is 126 Å². The van der Waals surface area contributed by atoms with Crippen LogP contribution in [0.25, 0.3) is 0 Å². The number of rotatable bonds is 16. The molecule has 0 amide bonds. The predicted molar refractivity (Wildman–Crippen MR) is 113 cm³/mol. The zero-order valence-electron chi connectivity index (χ0n) is 18.4. The molecule has 0 rings (SSSR count). The predicted octanol–water partition coefficient (Wildman–Crippen LogP) is 8.89. The first-order valence-corrected chi connectivity index (χ1v) is 11.4. The lowest BCUT2D eigenvalue weighted by Gasteiger charge is -2.23. The maximum absolute atomic E-state index is 2.49. The molecule has 0 aromatic carbocycles. The van der Waals surface area contributed by atoms with E-state index in [1.54, 1.807) is 0 Å². The van der Waals surface area contributed by atoms with E-state index in [-0.39, 0.29) is 0 Å². The Bertz CT molecular complexity index is 255. The van der Waals surface area contributed by atoms with Crippen LogP contribution in [0.4, 0.5) is 0 Å². The molecule has 0 spiro atoms. The van der Waals surface area contributed by atoms with Crippen molar-refractivity contribution in [2.24, 2.45) is 29.6 Å². The van der Waals surface area contributed by atoms with Gasteiger partial charge in [0.15, 0.2) is 0 Å². The van der Waals surface area contributed by atoms with E-state index < -0.39 is 0 Å². The van der Waals surface area contributed by atoms with E-state index in [1.807, 2.05) is 0 Å². The zero-order chi connectivity index (χ0) is 18.4. The molecule has 0 fully saturated rings. The molecule has 0 radical (unpaired) electrons. The highest BCUT2D eigenvalue weighted by Gasteiger charge is 2.15. The molecule has 0 heteroatoms. The van der Waals surface area contributed by atoms with Crippen LogP contribution >= 0.6 is 0 Å². The highest BCUT2D eigenvalue weighted by molar-refractivity contribution is 4.66. The van der Waals surface area contributed by atoms with Gasteiger partial charge in [0.05, 0.1) is 0 Å². The van der Waals surface area contributed by atoms with Gasteiger partial charge in [0.1, 0.15) is 0 Å². The summed E-state index contributed by atoms with van der Waals surface area (Å²) in [5.74, 6) is 4.66. The Hall–Kier alpha value is 0. The fourth-order valence-corrected chi connectivity index (χ4v) is 4.29. The highest BCUT2D eigenvalue weighted by atomic mass is 14.2. The lowest BCUT2D eigenvalue weighted by molar-refractivity contribution is 0.288. The number of hydrogen-bond acceptors (Lipinski definition) is 0. The van der Waals surface area contributed by atoms with Gasteiger partial charge in [-0.05, 0) is 29.6 Å². The monoisotopic (exact) mass is 338 g/mol. The summed E-state index contributed by atoms with van der Waals surface area (Å²) >= 11 is 0. The number of hydrogen-bond donors (Lipinski definition) is 0. The van der Waals surface area contributed by atoms with E-state index in [1.165, 1.54) is 77.0 Å². The first kappa shape index (κ1) is 24.0. The van der Waals surface area contributed by atoms with Crippen molar-refractivity contribution in [1.29, 1.82) is 0 Å². The van der Waals surface area contributed by atoms with E-state index in [0.717, 1.165) is 29.6 Å². The van der Waals surface area contributed by atoms with Crippen molar-refractivity contribution in [2.75, 3.05) is 0 Å². The molecule has 4 unspecified atom stereocenters. The Morgan fingerprint density at radius 2 is 1.00 bits per heavy atom. The average Bonchev–Trinajstić information content (AvgIpc) is 2.51. The van der Waals surface area contributed by atoms with Gasteiger partial charge in [-0.3, -0.25) is 0 Å². The minimum atomic E-state index is 0.879. The maximum Gasteiger partial charge on any atom is -0.0391 e. The molecule has 0 heterocycles. The first-order valence-electron chi connectivity index (χ1n) is 11.4. The summed E-state index contributed by atoms with van der Waals surface area (Å²) in [7, 11) is 0. The van der Waals surface area contributed by atoms with Gasteiger partial charge in [-0.25, -0.2) is 0 Å². The summed E-state index contributed by atoms with van der Waals surface area (Å²) < 4.78 is 0. The molecule has 0 nitrogen and oxygen atoms in total. The van der Waals surface area contributed by atoms with Gasteiger partial charge in [0, 0.05) is 0 Å². The molecule has 0 saturated heterocycles. The van der Waals surface area contributed by atoms with Gasteiger partial charge in [-0.2, -0.15) is 0 Å². The van der Waals surface area contributed by atoms with Crippen molar-refractivity contribution in [1.82, 2.24) is 0 Å². The Labute approximate surface area is 155 Å². The first-order chi connectivity index (χ1) is 11.4. The fourth-order valence-electron chi connectivity index (χ4n) is 4.29. The van der Waals surface area contributed by atoms with Crippen molar-refractivity contribution in [3.05, 3.63) is 0 Å². The van der Waals surface area contributed by atoms with Gasteiger partial charge in [0.2, 0.25) is 0 Å². The lowest BCUT2D eigenvalue weighted by atomic mass is 9.83. The molecule has 146 valence electrons. The molecule has 0 aliphatic rings. The molecule has 0 N–H and O–H groups in total. The Morgan fingerprint density at radius 1 is 0.542 bits per heavy atom. The van der Waals surface area contributed by atoms with Gasteiger partial charge in [-0.1, -0.05) is 126 Å². The molecule has 0 aliphatic heterocycles. The van der Waals surface area contributed by atoms with Gasteiger partial charge in [-0.15, -0.1) is 0 Å². The van der Waals surface area contributed by atoms with Gasteiger partial charge >= 0.3 is 0 Å². The van der Waals surface area contributed by atoms with Crippen LogP contribution < -0.4 is 0 Å². The minimum absolute atomic E-state index is 0.879. The molecule has 0 aliphatic carbocycles. The maximum atomic E-state index is 2.49. The van der Waals surface area contributed by atoms with Gasteiger partial charge < -0.3 is 0 Å². The molecule has 0 aromatic rings. The second-order valence-electron chi connectivity index (χ2n) is 9.33. The topological polar surface area (TPSA) is 0 Å². The summed E-state index contributed by atoms with van der Waals surface area (Å²) in [6.45, 7) is 16.8. The third-order valence-electron chi connectivity index (χ3n) is 6.22.